The predicted octanol–water partition coefficient (Wildman–Crippen LogP) is 3.27. The summed E-state index contributed by atoms with van der Waals surface area (Å²) in [5, 5.41) is 9.74. The third-order valence-corrected chi connectivity index (χ3v) is 4.04. The van der Waals surface area contributed by atoms with Gasteiger partial charge in [0.05, 0.1) is 14.2 Å². The molecule has 6 heteroatoms. The zero-order chi connectivity index (χ0) is 18.4. The summed E-state index contributed by atoms with van der Waals surface area (Å²) in [4.78, 5) is 11.9. The maximum atomic E-state index is 11.9. The van der Waals surface area contributed by atoms with Gasteiger partial charge in [0.15, 0.2) is 0 Å². The fraction of sp³-hybridized carbons (Fsp3) is 0.316. The first-order valence-corrected chi connectivity index (χ1v) is 7.91. The third kappa shape index (κ3) is 4.64. The number of benzene rings is 2. The Morgan fingerprint density at radius 3 is 1.88 bits per heavy atom. The van der Waals surface area contributed by atoms with Crippen LogP contribution in [0, 0.1) is 0 Å². The van der Waals surface area contributed by atoms with Crippen LogP contribution in [0.3, 0.4) is 0 Å². The number of ether oxygens (including phenoxy) is 2. The summed E-state index contributed by atoms with van der Waals surface area (Å²) >= 11 is 0. The van der Waals surface area contributed by atoms with Crippen molar-refractivity contribution in [1.82, 2.24) is 5.43 Å². The highest BCUT2D eigenvalue weighted by Crippen LogP contribution is 2.30. The van der Waals surface area contributed by atoms with Crippen molar-refractivity contribution in [3.8, 4) is 11.5 Å². The van der Waals surface area contributed by atoms with Crippen LogP contribution in [0.25, 0.3) is 0 Å². The van der Waals surface area contributed by atoms with Gasteiger partial charge in [-0.2, -0.15) is 0 Å². The van der Waals surface area contributed by atoms with Gasteiger partial charge in [-0.1, -0.05) is 12.1 Å². The quantitative estimate of drug-likeness (QED) is 0.638. The summed E-state index contributed by atoms with van der Waals surface area (Å²) in [7, 11) is 3.18. The molecule has 1 unspecified atom stereocenters. The average Bonchev–Trinajstić information content (AvgIpc) is 2.60. The third-order valence-electron chi connectivity index (χ3n) is 4.04. The van der Waals surface area contributed by atoms with Crippen LogP contribution < -0.4 is 20.3 Å². The Labute approximate surface area is 147 Å². The van der Waals surface area contributed by atoms with Crippen molar-refractivity contribution in [2.24, 2.45) is 0 Å². The standard InChI is InChI=1S/C19H24N2O4/c1-19(2,21-20-14-7-11-16(25-4)12-8-14)17(18(22)23)13-5-9-15(24-3)10-6-13/h5-12,17,20-21H,1-4H3,(H,22,23). The van der Waals surface area contributed by atoms with E-state index in [0.717, 1.165) is 11.4 Å². The molecule has 0 radical (unpaired) electrons. The molecule has 0 spiro atoms. The highest BCUT2D eigenvalue weighted by atomic mass is 16.5. The van der Waals surface area contributed by atoms with Gasteiger partial charge in [-0.05, 0) is 55.8 Å². The van der Waals surface area contributed by atoms with E-state index in [2.05, 4.69) is 10.9 Å². The van der Waals surface area contributed by atoms with Crippen LogP contribution in [0.4, 0.5) is 5.69 Å². The van der Waals surface area contributed by atoms with Crippen LogP contribution in [-0.4, -0.2) is 30.8 Å². The molecule has 0 saturated heterocycles. The number of hydrogen-bond donors (Lipinski definition) is 3. The van der Waals surface area contributed by atoms with E-state index in [0.29, 0.717) is 11.3 Å². The number of carboxylic acid groups (broad SMARTS) is 1. The van der Waals surface area contributed by atoms with Crippen molar-refractivity contribution in [3.05, 3.63) is 54.1 Å². The monoisotopic (exact) mass is 344 g/mol. The summed E-state index contributed by atoms with van der Waals surface area (Å²) in [6, 6.07) is 14.4. The van der Waals surface area contributed by atoms with Crippen LogP contribution in [-0.2, 0) is 4.79 Å². The molecule has 2 aromatic carbocycles. The number of rotatable bonds is 8. The molecule has 0 bridgehead atoms. The van der Waals surface area contributed by atoms with Gasteiger partial charge in [0.2, 0.25) is 0 Å². The molecule has 0 fully saturated rings. The van der Waals surface area contributed by atoms with Gasteiger partial charge < -0.3 is 20.0 Å². The first-order valence-electron chi connectivity index (χ1n) is 7.91. The van der Waals surface area contributed by atoms with E-state index in [1.165, 1.54) is 0 Å². The Hall–Kier alpha value is -2.73. The van der Waals surface area contributed by atoms with E-state index >= 15 is 0 Å². The molecule has 0 aromatic heterocycles. The molecule has 0 aliphatic carbocycles. The maximum absolute atomic E-state index is 11.9. The first-order chi connectivity index (χ1) is 11.9. The fourth-order valence-corrected chi connectivity index (χ4v) is 2.64. The number of nitrogens with one attached hydrogen (secondary N) is 2. The Morgan fingerprint density at radius 2 is 1.44 bits per heavy atom. The number of carboxylic acids is 1. The van der Waals surface area contributed by atoms with Crippen LogP contribution >= 0.6 is 0 Å². The van der Waals surface area contributed by atoms with Gasteiger partial charge in [0.1, 0.15) is 17.4 Å². The molecule has 25 heavy (non-hydrogen) atoms. The van der Waals surface area contributed by atoms with Crippen molar-refractivity contribution in [2.45, 2.75) is 25.3 Å². The second-order valence-electron chi connectivity index (χ2n) is 6.24. The molecule has 1 atom stereocenters. The molecule has 0 heterocycles. The highest BCUT2D eigenvalue weighted by Gasteiger charge is 2.36. The largest absolute Gasteiger partial charge is 0.497 e. The molecule has 0 saturated carbocycles. The highest BCUT2D eigenvalue weighted by molar-refractivity contribution is 5.78. The zero-order valence-electron chi connectivity index (χ0n) is 14.9. The lowest BCUT2D eigenvalue weighted by Gasteiger charge is -2.33. The van der Waals surface area contributed by atoms with Gasteiger partial charge in [-0.15, -0.1) is 0 Å². The number of hydrogen-bond acceptors (Lipinski definition) is 5. The van der Waals surface area contributed by atoms with Crippen molar-refractivity contribution >= 4 is 11.7 Å². The van der Waals surface area contributed by atoms with Crippen molar-refractivity contribution in [2.75, 3.05) is 19.6 Å². The minimum Gasteiger partial charge on any atom is -0.497 e. The fourth-order valence-electron chi connectivity index (χ4n) is 2.64. The van der Waals surface area contributed by atoms with Gasteiger partial charge >= 0.3 is 5.97 Å². The number of aliphatic carboxylic acids is 1. The van der Waals surface area contributed by atoms with E-state index in [1.54, 1.807) is 38.5 Å². The predicted molar refractivity (Wildman–Crippen MR) is 97.2 cm³/mol. The van der Waals surface area contributed by atoms with E-state index in [-0.39, 0.29) is 0 Å². The topological polar surface area (TPSA) is 79.8 Å². The summed E-state index contributed by atoms with van der Waals surface area (Å²) in [5.74, 6) is -0.204. The molecule has 134 valence electrons. The SMILES string of the molecule is COc1ccc(NNC(C)(C)C(C(=O)O)c2ccc(OC)cc2)cc1. The lowest BCUT2D eigenvalue weighted by atomic mass is 9.82. The molecule has 0 aliphatic heterocycles. The van der Waals surface area contributed by atoms with E-state index in [9.17, 15) is 9.90 Å². The Balaban J connectivity index is 2.15. The van der Waals surface area contributed by atoms with Crippen LogP contribution in [0.15, 0.2) is 48.5 Å². The second-order valence-corrected chi connectivity index (χ2v) is 6.24. The smallest absolute Gasteiger partial charge is 0.312 e. The molecule has 0 aliphatic rings. The molecule has 3 N–H and O–H groups in total. The molecule has 2 aromatic rings. The van der Waals surface area contributed by atoms with E-state index in [4.69, 9.17) is 9.47 Å². The summed E-state index contributed by atoms with van der Waals surface area (Å²) in [6.45, 7) is 3.68. The van der Waals surface area contributed by atoms with Crippen LogP contribution in [0.5, 0.6) is 11.5 Å². The van der Waals surface area contributed by atoms with Crippen LogP contribution in [0.2, 0.25) is 0 Å². The normalized spacial score (nSPS) is 12.3. The van der Waals surface area contributed by atoms with Crippen molar-refractivity contribution < 1.29 is 19.4 Å². The lowest BCUT2D eigenvalue weighted by molar-refractivity contribution is -0.140. The molecule has 0 amide bonds. The Bertz CT molecular complexity index is 696. The minimum absolute atomic E-state index is 0.690. The van der Waals surface area contributed by atoms with Crippen LogP contribution in [0.1, 0.15) is 25.3 Å². The summed E-state index contributed by atoms with van der Waals surface area (Å²) in [5.41, 5.74) is 6.95. The lowest BCUT2D eigenvalue weighted by Crippen LogP contribution is -2.50. The van der Waals surface area contributed by atoms with E-state index < -0.39 is 17.4 Å². The maximum Gasteiger partial charge on any atom is 0.312 e. The minimum atomic E-state index is -0.904. The number of methoxy groups -OCH3 is 2. The molecular weight excluding hydrogens is 320 g/mol. The second kappa shape index (κ2) is 7.90. The molecular formula is C19H24N2O4. The van der Waals surface area contributed by atoms with Crippen molar-refractivity contribution in [3.63, 3.8) is 0 Å². The van der Waals surface area contributed by atoms with Gasteiger partial charge in [0, 0.05) is 11.2 Å². The summed E-state index contributed by atoms with van der Waals surface area (Å²) in [6.07, 6.45) is 0. The number of anilines is 1. The van der Waals surface area contributed by atoms with Gasteiger partial charge in [0.25, 0.3) is 0 Å². The summed E-state index contributed by atoms with van der Waals surface area (Å²) < 4.78 is 10.3. The Kier molecular flexibility index (Phi) is 5.88. The van der Waals surface area contributed by atoms with Gasteiger partial charge in [-0.3, -0.25) is 4.79 Å². The van der Waals surface area contributed by atoms with E-state index in [1.807, 2.05) is 38.1 Å². The molecule has 2 rings (SSSR count). The average molecular weight is 344 g/mol. The first kappa shape index (κ1) is 18.6. The number of hydrazine groups is 1. The van der Waals surface area contributed by atoms with Crippen molar-refractivity contribution in [1.29, 1.82) is 0 Å². The number of carbonyl (C=O) groups is 1. The van der Waals surface area contributed by atoms with Gasteiger partial charge in [-0.25, -0.2) is 5.43 Å². The Morgan fingerprint density at radius 1 is 0.960 bits per heavy atom. The zero-order valence-corrected chi connectivity index (χ0v) is 14.9. The molecule has 6 nitrogen and oxygen atoms in total.